The zero-order valence-corrected chi connectivity index (χ0v) is 11.1. The zero-order chi connectivity index (χ0) is 12.2. The summed E-state index contributed by atoms with van der Waals surface area (Å²) in [6, 6.07) is 7.10. The standard InChI is InChI=1S/C18H20/c1-13-6-7-15-9-11-18(17(15)12-13)10-8-14-4-2-3-5-16(14)18/h4-7,12H,2-3,8-11H2,1H3. The molecule has 0 aliphatic heterocycles. The maximum Gasteiger partial charge on any atom is 0.0211 e. The van der Waals surface area contributed by atoms with Gasteiger partial charge in [0.25, 0.3) is 0 Å². The molecule has 0 heterocycles. The lowest BCUT2D eigenvalue weighted by Crippen LogP contribution is -2.21. The van der Waals surface area contributed by atoms with E-state index < -0.39 is 0 Å². The van der Waals surface area contributed by atoms with E-state index in [2.05, 4.69) is 37.3 Å². The summed E-state index contributed by atoms with van der Waals surface area (Å²) in [6.45, 7) is 2.23. The normalized spacial score (nSPS) is 28.9. The molecule has 0 N–H and O–H groups in total. The second-order valence-corrected chi connectivity index (χ2v) is 6.17. The van der Waals surface area contributed by atoms with Crippen molar-refractivity contribution in [3.05, 3.63) is 58.2 Å². The van der Waals surface area contributed by atoms with Gasteiger partial charge in [0.1, 0.15) is 0 Å². The van der Waals surface area contributed by atoms with E-state index in [1.54, 1.807) is 22.3 Å². The van der Waals surface area contributed by atoms with Crippen molar-refractivity contribution in [2.24, 2.45) is 0 Å². The van der Waals surface area contributed by atoms with Crippen molar-refractivity contribution < 1.29 is 0 Å². The van der Waals surface area contributed by atoms with Gasteiger partial charge in [-0.25, -0.2) is 0 Å². The number of hydrogen-bond acceptors (Lipinski definition) is 0. The summed E-state index contributed by atoms with van der Waals surface area (Å²) in [4.78, 5) is 0. The Bertz CT molecular complexity index is 574. The minimum Gasteiger partial charge on any atom is -0.0807 e. The fraction of sp³-hybridized carbons (Fsp3) is 0.444. The van der Waals surface area contributed by atoms with E-state index >= 15 is 0 Å². The molecule has 3 aliphatic rings. The van der Waals surface area contributed by atoms with Crippen LogP contribution in [0.4, 0.5) is 0 Å². The molecule has 92 valence electrons. The van der Waals surface area contributed by atoms with Gasteiger partial charge in [0.15, 0.2) is 0 Å². The summed E-state index contributed by atoms with van der Waals surface area (Å²) in [5, 5.41) is 0. The van der Waals surface area contributed by atoms with Crippen LogP contribution >= 0.6 is 0 Å². The van der Waals surface area contributed by atoms with Gasteiger partial charge in [0, 0.05) is 5.41 Å². The molecule has 0 nitrogen and oxygen atoms in total. The molecule has 3 aliphatic carbocycles. The van der Waals surface area contributed by atoms with Gasteiger partial charge in [0.2, 0.25) is 0 Å². The fourth-order valence-electron chi connectivity index (χ4n) is 4.32. The highest BCUT2D eigenvalue weighted by atomic mass is 14.5. The van der Waals surface area contributed by atoms with Gasteiger partial charge in [-0.05, 0) is 67.7 Å². The number of rotatable bonds is 0. The monoisotopic (exact) mass is 236 g/mol. The van der Waals surface area contributed by atoms with E-state index in [0.29, 0.717) is 5.41 Å². The van der Waals surface area contributed by atoms with Gasteiger partial charge in [-0.15, -0.1) is 0 Å². The Balaban J connectivity index is 1.91. The van der Waals surface area contributed by atoms with Crippen molar-refractivity contribution >= 4 is 0 Å². The van der Waals surface area contributed by atoms with Gasteiger partial charge in [-0.2, -0.15) is 0 Å². The summed E-state index contributed by atoms with van der Waals surface area (Å²) in [5.41, 5.74) is 8.43. The van der Waals surface area contributed by atoms with Crippen molar-refractivity contribution in [3.63, 3.8) is 0 Å². The van der Waals surface area contributed by atoms with Crippen LogP contribution < -0.4 is 0 Å². The molecule has 1 atom stereocenters. The number of hydrogen-bond donors (Lipinski definition) is 0. The average molecular weight is 236 g/mol. The van der Waals surface area contributed by atoms with Crippen LogP contribution in [0, 0.1) is 6.92 Å². The lowest BCUT2D eigenvalue weighted by atomic mass is 9.75. The molecular formula is C18H20. The smallest absolute Gasteiger partial charge is 0.0211 e. The van der Waals surface area contributed by atoms with E-state index in [1.165, 1.54) is 44.1 Å². The van der Waals surface area contributed by atoms with Gasteiger partial charge in [0.05, 0.1) is 0 Å². The highest BCUT2D eigenvalue weighted by molar-refractivity contribution is 5.57. The van der Waals surface area contributed by atoms with Gasteiger partial charge < -0.3 is 0 Å². The van der Waals surface area contributed by atoms with Crippen LogP contribution in [0.2, 0.25) is 0 Å². The van der Waals surface area contributed by atoms with E-state index in [9.17, 15) is 0 Å². The maximum absolute atomic E-state index is 2.54. The first kappa shape index (κ1) is 10.6. The van der Waals surface area contributed by atoms with Crippen LogP contribution in [0.25, 0.3) is 0 Å². The predicted molar refractivity (Wildman–Crippen MR) is 75.8 cm³/mol. The molecule has 1 spiro atoms. The number of allylic oxidation sites excluding steroid dienone is 4. The number of fused-ring (bicyclic) bond motifs is 4. The molecular weight excluding hydrogens is 216 g/mol. The molecule has 0 radical (unpaired) electrons. The van der Waals surface area contributed by atoms with Crippen LogP contribution in [0.5, 0.6) is 0 Å². The molecule has 1 aromatic rings. The van der Waals surface area contributed by atoms with E-state index in [1.807, 2.05) is 0 Å². The molecule has 0 aromatic heterocycles. The first-order valence-electron chi connectivity index (χ1n) is 7.30. The van der Waals surface area contributed by atoms with Crippen molar-refractivity contribution in [3.8, 4) is 0 Å². The largest absolute Gasteiger partial charge is 0.0807 e. The molecule has 4 rings (SSSR count). The van der Waals surface area contributed by atoms with Crippen LogP contribution in [-0.2, 0) is 11.8 Å². The molecule has 18 heavy (non-hydrogen) atoms. The van der Waals surface area contributed by atoms with Gasteiger partial charge in [-0.3, -0.25) is 0 Å². The van der Waals surface area contributed by atoms with Crippen LogP contribution in [0.15, 0.2) is 41.5 Å². The molecule has 1 fully saturated rings. The lowest BCUT2D eigenvalue weighted by molar-refractivity contribution is 0.510. The van der Waals surface area contributed by atoms with Crippen LogP contribution in [0.3, 0.4) is 0 Å². The highest BCUT2D eigenvalue weighted by Gasteiger charge is 2.46. The molecule has 1 unspecified atom stereocenters. The van der Waals surface area contributed by atoms with Gasteiger partial charge >= 0.3 is 0 Å². The average Bonchev–Trinajstić information content (AvgIpc) is 2.95. The lowest BCUT2D eigenvalue weighted by Gasteiger charge is -2.28. The third-order valence-electron chi connectivity index (χ3n) is 5.19. The SMILES string of the molecule is Cc1ccc2c(c1)C1(CCC3=CCCC=C31)CC2. The summed E-state index contributed by atoms with van der Waals surface area (Å²) < 4.78 is 0. The second kappa shape index (κ2) is 3.60. The number of benzene rings is 1. The Morgan fingerprint density at radius 2 is 1.83 bits per heavy atom. The molecule has 0 heteroatoms. The predicted octanol–water partition coefficient (Wildman–Crippen LogP) is 4.62. The second-order valence-electron chi connectivity index (χ2n) is 6.17. The van der Waals surface area contributed by atoms with Crippen molar-refractivity contribution in [2.75, 3.05) is 0 Å². The Morgan fingerprint density at radius 1 is 1.00 bits per heavy atom. The molecule has 0 bridgehead atoms. The van der Waals surface area contributed by atoms with Gasteiger partial charge in [-0.1, -0.05) is 35.9 Å². The van der Waals surface area contributed by atoms with E-state index in [4.69, 9.17) is 0 Å². The van der Waals surface area contributed by atoms with Crippen LogP contribution in [0.1, 0.15) is 48.8 Å². The summed E-state index contributed by atoms with van der Waals surface area (Å²) in [7, 11) is 0. The van der Waals surface area contributed by atoms with Crippen LogP contribution in [-0.4, -0.2) is 0 Å². The quantitative estimate of drug-likeness (QED) is 0.616. The Morgan fingerprint density at radius 3 is 2.78 bits per heavy atom. The Labute approximate surface area is 109 Å². The summed E-state index contributed by atoms with van der Waals surface area (Å²) in [6.07, 6.45) is 12.8. The Hall–Kier alpha value is -1.30. The summed E-state index contributed by atoms with van der Waals surface area (Å²) in [5.74, 6) is 0. The molecule has 0 amide bonds. The third kappa shape index (κ3) is 1.27. The van der Waals surface area contributed by atoms with Crippen molar-refractivity contribution in [1.82, 2.24) is 0 Å². The third-order valence-corrected chi connectivity index (χ3v) is 5.19. The Kier molecular flexibility index (Phi) is 2.12. The molecule has 1 saturated carbocycles. The minimum atomic E-state index is 0.396. The molecule has 0 saturated heterocycles. The van der Waals surface area contributed by atoms with E-state index in [-0.39, 0.29) is 0 Å². The fourth-order valence-corrected chi connectivity index (χ4v) is 4.32. The molecule has 1 aromatic carbocycles. The van der Waals surface area contributed by atoms with Crippen molar-refractivity contribution in [1.29, 1.82) is 0 Å². The van der Waals surface area contributed by atoms with E-state index in [0.717, 1.165) is 0 Å². The number of aryl methyl sites for hydroxylation is 2. The minimum absolute atomic E-state index is 0.396. The topological polar surface area (TPSA) is 0 Å². The van der Waals surface area contributed by atoms with Crippen molar-refractivity contribution in [2.45, 2.75) is 50.9 Å². The first-order chi connectivity index (χ1) is 8.79. The summed E-state index contributed by atoms with van der Waals surface area (Å²) >= 11 is 0. The maximum atomic E-state index is 2.54. The highest BCUT2D eigenvalue weighted by Crippen LogP contribution is 2.56. The first-order valence-corrected chi connectivity index (χ1v) is 7.30. The zero-order valence-electron chi connectivity index (χ0n) is 11.1.